The summed E-state index contributed by atoms with van der Waals surface area (Å²) in [6.45, 7) is 6.92. The third-order valence-electron chi connectivity index (χ3n) is 4.44. The Hall–Kier alpha value is -0.590. The first-order valence-corrected chi connectivity index (χ1v) is 6.21. The molecule has 84 valence electrons. The summed E-state index contributed by atoms with van der Waals surface area (Å²) in [5, 5.41) is 0. The monoisotopic (exact) mass is 206 g/mol. The van der Waals surface area contributed by atoms with Crippen molar-refractivity contribution in [1.82, 2.24) is 0 Å². The molecule has 0 heterocycles. The van der Waals surface area contributed by atoms with Gasteiger partial charge in [0.2, 0.25) is 0 Å². The summed E-state index contributed by atoms with van der Waals surface area (Å²) in [4.78, 5) is 11.0. The Kier molecular flexibility index (Phi) is 2.74. The number of carbonyl (C=O) groups is 1. The number of hydrogen-bond donors (Lipinski definition) is 0. The molecule has 0 radical (unpaired) electrons. The lowest BCUT2D eigenvalue weighted by Gasteiger charge is -2.41. The molecule has 15 heavy (non-hydrogen) atoms. The molecule has 0 amide bonds. The molecule has 2 atom stereocenters. The van der Waals surface area contributed by atoms with E-state index in [-0.39, 0.29) is 5.92 Å². The largest absolute Gasteiger partial charge is 0.303 e. The van der Waals surface area contributed by atoms with Crippen LogP contribution in [0.15, 0.2) is 11.1 Å². The Labute approximate surface area is 92.9 Å². The van der Waals surface area contributed by atoms with Crippen LogP contribution in [0.1, 0.15) is 52.9 Å². The minimum absolute atomic E-state index is 0.279. The molecule has 0 bridgehead atoms. The van der Waals surface area contributed by atoms with E-state index < -0.39 is 0 Å². The van der Waals surface area contributed by atoms with Crippen LogP contribution in [0.4, 0.5) is 0 Å². The van der Waals surface area contributed by atoms with Gasteiger partial charge >= 0.3 is 0 Å². The summed E-state index contributed by atoms with van der Waals surface area (Å²) >= 11 is 0. The molecule has 0 fully saturated rings. The van der Waals surface area contributed by atoms with E-state index in [2.05, 4.69) is 20.8 Å². The van der Waals surface area contributed by atoms with E-state index in [4.69, 9.17) is 0 Å². The third kappa shape index (κ3) is 1.89. The van der Waals surface area contributed by atoms with Crippen molar-refractivity contribution in [3.8, 4) is 0 Å². The van der Waals surface area contributed by atoms with Crippen molar-refractivity contribution < 1.29 is 4.79 Å². The Morgan fingerprint density at radius 1 is 1.33 bits per heavy atom. The molecule has 1 nitrogen and oxygen atoms in total. The quantitative estimate of drug-likeness (QED) is 0.472. The first kappa shape index (κ1) is 10.9. The highest BCUT2D eigenvalue weighted by Crippen LogP contribution is 2.48. The molecule has 0 aromatic carbocycles. The van der Waals surface area contributed by atoms with Gasteiger partial charge in [0, 0.05) is 5.92 Å². The number of aldehydes is 1. The maximum Gasteiger partial charge on any atom is 0.123 e. The van der Waals surface area contributed by atoms with E-state index in [1.807, 2.05) is 0 Å². The fourth-order valence-electron chi connectivity index (χ4n) is 3.33. The number of carbonyl (C=O) groups excluding carboxylic acids is 1. The topological polar surface area (TPSA) is 17.1 Å². The predicted molar refractivity (Wildman–Crippen MR) is 62.6 cm³/mol. The first-order chi connectivity index (χ1) is 7.04. The van der Waals surface area contributed by atoms with E-state index >= 15 is 0 Å². The number of hydrogen-bond acceptors (Lipinski definition) is 1. The van der Waals surface area contributed by atoms with Gasteiger partial charge in [0.05, 0.1) is 0 Å². The highest BCUT2D eigenvalue weighted by atomic mass is 16.1. The molecule has 0 aromatic heterocycles. The maximum absolute atomic E-state index is 11.0. The van der Waals surface area contributed by atoms with Gasteiger partial charge in [-0.25, -0.2) is 0 Å². The van der Waals surface area contributed by atoms with Crippen LogP contribution in [0, 0.1) is 17.3 Å². The highest BCUT2D eigenvalue weighted by Gasteiger charge is 2.36. The van der Waals surface area contributed by atoms with Crippen molar-refractivity contribution in [1.29, 1.82) is 0 Å². The summed E-state index contributed by atoms with van der Waals surface area (Å²) in [6, 6.07) is 0. The van der Waals surface area contributed by atoms with Crippen LogP contribution in [-0.2, 0) is 4.79 Å². The average Bonchev–Trinajstić information content (AvgIpc) is 2.16. The second-order valence-corrected chi connectivity index (χ2v) is 6.01. The molecule has 0 N–H and O–H groups in total. The lowest BCUT2D eigenvalue weighted by molar-refractivity contribution is -0.112. The summed E-state index contributed by atoms with van der Waals surface area (Å²) in [5.74, 6) is 0.844. The fraction of sp³-hybridized carbons (Fsp3) is 0.786. The molecule has 0 aromatic rings. The zero-order chi connectivity index (χ0) is 11.1. The van der Waals surface area contributed by atoms with Crippen LogP contribution in [0.25, 0.3) is 0 Å². The summed E-state index contributed by atoms with van der Waals surface area (Å²) < 4.78 is 0. The Morgan fingerprint density at radius 2 is 2.07 bits per heavy atom. The Bertz CT molecular complexity index is 298. The van der Waals surface area contributed by atoms with E-state index in [1.54, 1.807) is 11.1 Å². The van der Waals surface area contributed by atoms with E-state index in [0.29, 0.717) is 11.3 Å². The van der Waals surface area contributed by atoms with Gasteiger partial charge in [-0.1, -0.05) is 31.9 Å². The Morgan fingerprint density at radius 3 is 2.73 bits per heavy atom. The van der Waals surface area contributed by atoms with Crippen LogP contribution in [0.5, 0.6) is 0 Å². The van der Waals surface area contributed by atoms with Crippen LogP contribution in [0.2, 0.25) is 0 Å². The zero-order valence-corrected chi connectivity index (χ0v) is 10.2. The van der Waals surface area contributed by atoms with Gasteiger partial charge < -0.3 is 4.79 Å². The van der Waals surface area contributed by atoms with Gasteiger partial charge in [0.15, 0.2) is 0 Å². The van der Waals surface area contributed by atoms with Crippen LogP contribution in [-0.4, -0.2) is 6.29 Å². The van der Waals surface area contributed by atoms with Gasteiger partial charge in [-0.15, -0.1) is 0 Å². The van der Waals surface area contributed by atoms with Crippen molar-refractivity contribution in [3.05, 3.63) is 11.1 Å². The van der Waals surface area contributed by atoms with Crippen molar-refractivity contribution in [2.75, 3.05) is 0 Å². The summed E-state index contributed by atoms with van der Waals surface area (Å²) in [7, 11) is 0. The molecule has 0 unspecified atom stereocenters. The fourth-order valence-corrected chi connectivity index (χ4v) is 3.33. The van der Waals surface area contributed by atoms with Crippen LogP contribution in [0.3, 0.4) is 0 Å². The van der Waals surface area contributed by atoms with Crippen molar-refractivity contribution in [3.63, 3.8) is 0 Å². The number of allylic oxidation sites excluding steroid dienone is 2. The molecule has 0 aliphatic heterocycles. The molecule has 2 rings (SSSR count). The maximum atomic E-state index is 11.0. The van der Waals surface area contributed by atoms with Crippen molar-refractivity contribution in [2.24, 2.45) is 17.3 Å². The minimum atomic E-state index is 0.279. The molecule has 1 heteroatoms. The van der Waals surface area contributed by atoms with E-state index in [9.17, 15) is 4.79 Å². The zero-order valence-electron chi connectivity index (χ0n) is 10.2. The van der Waals surface area contributed by atoms with Gasteiger partial charge in [-0.2, -0.15) is 0 Å². The standard InChI is InChI=1S/C14H22O/c1-10-7-11-5-4-6-14(2,3)13(11)8-12(10)9-15/h9-10,12H,4-8H2,1-3H3/t10-,12-/m0/s1. The summed E-state index contributed by atoms with van der Waals surface area (Å²) in [6.07, 6.45) is 7.30. The van der Waals surface area contributed by atoms with E-state index in [0.717, 1.165) is 6.42 Å². The predicted octanol–water partition coefficient (Wildman–Crippen LogP) is 3.74. The highest BCUT2D eigenvalue weighted by molar-refractivity contribution is 5.56. The lowest BCUT2D eigenvalue weighted by Crippen LogP contribution is -2.30. The lowest BCUT2D eigenvalue weighted by atomic mass is 9.63. The molecule has 0 saturated heterocycles. The summed E-state index contributed by atoms with van der Waals surface area (Å²) in [5.41, 5.74) is 3.65. The second-order valence-electron chi connectivity index (χ2n) is 6.01. The SMILES string of the molecule is C[C@H]1CC2=C(C[C@H]1C=O)C(C)(C)CCC2. The minimum Gasteiger partial charge on any atom is -0.303 e. The molecule has 0 saturated carbocycles. The molecule has 2 aliphatic carbocycles. The molecule has 2 aliphatic rings. The third-order valence-corrected chi connectivity index (χ3v) is 4.44. The first-order valence-electron chi connectivity index (χ1n) is 6.21. The van der Waals surface area contributed by atoms with Gasteiger partial charge in [-0.05, 0) is 43.4 Å². The van der Waals surface area contributed by atoms with Crippen LogP contribution >= 0.6 is 0 Å². The smallest absolute Gasteiger partial charge is 0.123 e. The van der Waals surface area contributed by atoms with Crippen molar-refractivity contribution in [2.45, 2.75) is 52.9 Å². The number of rotatable bonds is 1. The second kappa shape index (κ2) is 3.77. The normalized spacial score (nSPS) is 34.9. The molecule has 0 spiro atoms. The Balaban J connectivity index is 2.30. The molecular weight excluding hydrogens is 184 g/mol. The van der Waals surface area contributed by atoms with Gasteiger partial charge in [-0.3, -0.25) is 0 Å². The van der Waals surface area contributed by atoms with Crippen molar-refractivity contribution >= 4 is 6.29 Å². The van der Waals surface area contributed by atoms with E-state index in [1.165, 1.54) is 32.0 Å². The van der Waals surface area contributed by atoms with Crippen LogP contribution < -0.4 is 0 Å². The van der Waals surface area contributed by atoms with Gasteiger partial charge in [0.1, 0.15) is 6.29 Å². The average molecular weight is 206 g/mol. The molecular formula is C14H22O. The van der Waals surface area contributed by atoms with Gasteiger partial charge in [0.25, 0.3) is 0 Å².